The molecule has 1 N–H and O–H groups in total. The van der Waals surface area contributed by atoms with Crippen LogP contribution >= 0.6 is 0 Å². The lowest BCUT2D eigenvalue weighted by molar-refractivity contribution is 0.199. The highest BCUT2D eigenvalue weighted by Crippen LogP contribution is 2.38. The molecule has 0 aliphatic rings. The number of anilines is 1. The quantitative estimate of drug-likeness (QED) is 0.723. The SMILES string of the molecule is Cc1noc(-c2cccc(F)c2)c1N(C(=O)O)C(C)c1ccccc1. The second-order valence-corrected chi connectivity index (χ2v) is 5.70. The van der Waals surface area contributed by atoms with Gasteiger partial charge in [-0.3, -0.25) is 4.90 Å². The van der Waals surface area contributed by atoms with Crippen LogP contribution in [0.1, 0.15) is 24.2 Å². The minimum atomic E-state index is -1.14. The maximum atomic E-state index is 13.6. The monoisotopic (exact) mass is 340 g/mol. The third kappa shape index (κ3) is 3.24. The van der Waals surface area contributed by atoms with E-state index in [1.54, 1.807) is 19.9 Å². The Kier molecular flexibility index (Phi) is 4.52. The van der Waals surface area contributed by atoms with Crippen molar-refractivity contribution >= 4 is 11.8 Å². The summed E-state index contributed by atoms with van der Waals surface area (Å²) in [5.41, 5.74) is 2.00. The molecule has 0 fully saturated rings. The van der Waals surface area contributed by atoms with Gasteiger partial charge in [-0.15, -0.1) is 0 Å². The maximum absolute atomic E-state index is 13.6. The second-order valence-electron chi connectivity index (χ2n) is 5.70. The number of halogens is 1. The number of aryl methyl sites for hydroxylation is 1. The summed E-state index contributed by atoms with van der Waals surface area (Å²) in [6.07, 6.45) is -1.14. The first kappa shape index (κ1) is 16.7. The van der Waals surface area contributed by atoms with Gasteiger partial charge in [0.1, 0.15) is 17.2 Å². The highest BCUT2D eigenvalue weighted by Gasteiger charge is 2.30. The van der Waals surface area contributed by atoms with Gasteiger partial charge >= 0.3 is 6.09 Å². The van der Waals surface area contributed by atoms with E-state index in [4.69, 9.17) is 4.52 Å². The van der Waals surface area contributed by atoms with Crippen LogP contribution in [0.2, 0.25) is 0 Å². The van der Waals surface area contributed by atoms with Crippen molar-refractivity contribution < 1.29 is 18.8 Å². The zero-order chi connectivity index (χ0) is 18.0. The van der Waals surface area contributed by atoms with Crippen LogP contribution in [-0.4, -0.2) is 16.4 Å². The second kappa shape index (κ2) is 6.76. The van der Waals surface area contributed by atoms with E-state index in [0.717, 1.165) is 5.56 Å². The van der Waals surface area contributed by atoms with Gasteiger partial charge in [0.05, 0.1) is 6.04 Å². The molecule has 25 heavy (non-hydrogen) atoms. The van der Waals surface area contributed by atoms with E-state index in [0.29, 0.717) is 16.9 Å². The molecule has 1 aromatic heterocycles. The van der Waals surface area contributed by atoms with Crippen molar-refractivity contribution in [1.29, 1.82) is 0 Å². The molecule has 1 unspecified atom stereocenters. The van der Waals surface area contributed by atoms with Crippen LogP contribution in [0.15, 0.2) is 59.1 Å². The molecule has 0 spiro atoms. The van der Waals surface area contributed by atoms with Crippen LogP contribution in [0.25, 0.3) is 11.3 Å². The fourth-order valence-corrected chi connectivity index (χ4v) is 2.80. The van der Waals surface area contributed by atoms with Crippen molar-refractivity contribution in [2.45, 2.75) is 19.9 Å². The molecule has 1 heterocycles. The Bertz CT molecular complexity index is 893. The molecule has 3 rings (SSSR count). The highest BCUT2D eigenvalue weighted by atomic mass is 19.1. The van der Waals surface area contributed by atoms with Crippen molar-refractivity contribution in [3.05, 3.63) is 71.7 Å². The molecule has 0 bridgehead atoms. The number of hydrogen-bond acceptors (Lipinski definition) is 3. The minimum absolute atomic E-state index is 0.224. The number of carboxylic acid groups (broad SMARTS) is 1. The van der Waals surface area contributed by atoms with Gasteiger partial charge in [0, 0.05) is 5.56 Å². The molecule has 128 valence electrons. The predicted octanol–water partition coefficient (Wildman–Crippen LogP) is 5.03. The van der Waals surface area contributed by atoms with Gasteiger partial charge in [-0.05, 0) is 31.5 Å². The fourth-order valence-electron chi connectivity index (χ4n) is 2.80. The Morgan fingerprint density at radius 3 is 2.56 bits per heavy atom. The largest absolute Gasteiger partial charge is 0.465 e. The molecule has 3 aromatic rings. The first-order chi connectivity index (χ1) is 12.0. The zero-order valence-electron chi connectivity index (χ0n) is 13.8. The lowest BCUT2D eigenvalue weighted by Gasteiger charge is -2.26. The zero-order valence-corrected chi connectivity index (χ0v) is 13.8. The lowest BCUT2D eigenvalue weighted by atomic mass is 10.0. The molecular weight excluding hydrogens is 323 g/mol. The van der Waals surface area contributed by atoms with Crippen LogP contribution in [-0.2, 0) is 0 Å². The number of aromatic nitrogens is 1. The summed E-state index contributed by atoms with van der Waals surface area (Å²) in [5, 5.41) is 13.7. The summed E-state index contributed by atoms with van der Waals surface area (Å²) in [6, 6.07) is 14.6. The third-order valence-electron chi connectivity index (χ3n) is 4.03. The van der Waals surface area contributed by atoms with Gasteiger partial charge in [-0.1, -0.05) is 47.6 Å². The molecule has 6 heteroatoms. The average Bonchev–Trinajstić information content (AvgIpc) is 2.97. The standard InChI is InChI=1S/C19H17FN2O3/c1-12-17(18(25-21-12)15-9-6-10-16(20)11-15)22(19(23)24)13(2)14-7-4-3-5-8-14/h3-11,13H,1-2H3,(H,23,24). The Morgan fingerprint density at radius 1 is 1.20 bits per heavy atom. The molecule has 2 aromatic carbocycles. The Balaban J connectivity index is 2.12. The Hall–Kier alpha value is -3.15. The van der Waals surface area contributed by atoms with Crippen molar-refractivity contribution in [2.75, 3.05) is 4.90 Å². The molecule has 0 aliphatic carbocycles. The fraction of sp³-hybridized carbons (Fsp3) is 0.158. The number of nitrogens with zero attached hydrogens (tertiary/aromatic N) is 2. The van der Waals surface area contributed by atoms with Crippen LogP contribution in [0.3, 0.4) is 0 Å². The van der Waals surface area contributed by atoms with E-state index in [2.05, 4.69) is 5.16 Å². The van der Waals surface area contributed by atoms with Crippen molar-refractivity contribution in [2.24, 2.45) is 0 Å². The van der Waals surface area contributed by atoms with Crippen molar-refractivity contribution in [1.82, 2.24) is 5.16 Å². The Morgan fingerprint density at radius 2 is 1.92 bits per heavy atom. The minimum Gasteiger partial charge on any atom is -0.465 e. The van der Waals surface area contributed by atoms with Gasteiger partial charge < -0.3 is 9.63 Å². The normalized spacial score (nSPS) is 12.0. The number of rotatable bonds is 4. The first-order valence-corrected chi connectivity index (χ1v) is 7.78. The van der Waals surface area contributed by atoms with E-state index in [1.165, 1.54) is 23.1 Å². The number of carbonyl (C=O) groups is 1. The van der Waals surface area contributed by atoms with E-state index in [9.17, 15) is 14.3 Å². The third-order valence-corrected chi connectivity index (χ3v) is 4.03. The highest BCUT2D eigenvalue weighted by molar-refractivity contribution is 5.92. The summed E-state index contributed by atoms with van der Waals surface area (Å²) < 4.78 is 18.9. The molecule has 0 aliphatic heterocycles. The molecular formula is C19H17FN2O3. The summed E-state index contributed by atoms with van der Waals surface area (Å²) in [7, 11) is 0. The molecule has 5 nitrogen and oxygen atoms in total. The molecule has 1 atom stereocenters. The molecule has 0 saturated heterocycles. The van der Waals surface area contributed by atoms with Gasteiger partial charge in [0.25, 0.3) is 0 Å². The summed E-state index contributed by atoms with van der Waals surface area (Å²) >= 11 is 0. The molecule has 0 saturated carbocycles. The van der Waals surface area contributed by atoms with Crippen LogP contribution in [0.4, 0.5) is 14.9 Å². The first-order valence-electron chi connectivity index (χ1n) is 7.78. The average molecular weight is 340 g/mol. The predicted molar refractivity (Wildman–Crippen MR) is 92.0 cm³/mol. The van der Waals surface area contributed by atoms with Crippen molar-refractivity contribution in [3.63, 3.8) is 0 Å². The van der Waals surface area contributed by atoms with Gasteiger partial charge in [-0.2, -0.15) is 0 Å². The van der Waals surface area contributed by atoms with Crippen LogP contribution < -0.4 is 4.90 Å². The summed E-state index contributed by atoms with van der Waals surface area (Å²) in [5.74, 6) is -0.210. The van der Waals surface area contributed by atoms with E-state index < -0.39 is 18.0 Å². The van der Waals surface area contributed by atoms with Crippen LogP contribution in [0.5, 0.6) is 0 Å². The molecule has 1 amide bonds. The van der Waals surface area contributed by atoms with Gasteiger partial charge in [0.15, 0.2) is 5.76 Å². The summed E-state index contributed by atoms with van der Waals surface area (Å²) in [4.78, 5) is 13.2. The number of hydrogen-bond donors (Lipinski definition) is 1. The lowest BCUT2D eigenvalue weighted by Crippen LogP contribution is -2.32. The van der Waals surface area contributed by atoms with Crippen molar-refractivity contribution in [3.8, 4) is 11.3 Å². The number of amides is 1. The summed E-state index contributed by atoms with van der Waals surface area (Å²) in [6.45, 7) is 3.44. The van der Waals surface area contributed by atoms with Gasteiger partial charge in [0.2, 0.25) is 0 Å². The topological polar surface area (TPSA) is 66.6 Å². The van der Waals surface area contributed by atoms with E-state index in [1.807, 2.05) is 30.3 Å². The molecule has 0 radical (unpaired) electrons. The van der Waals surface area contributed by atoms with Crippen LogP contribution in [0, 0.1) is 12.7 Å². The van der Waals surface area contributed by atoms with E-state index in [-0.39, 0.29) is 5.76 Å². The van der Waals surface area contributed by atoms with E-state index >= 15 is 0 Å². The Labute approximate surface area is 144 Å². The van der Waals surface area contributed by atoms with Gasteiger partial charge in [-0.25, -0.2) is 9.18 Å². The maximum Gasteiger partial charge on any atom is 0.412 e. The smallest absolute Gasteiger partial charge is 0.412 e. The number of benzene rings is 2.